The number of hydrogen-bond donors (Lipinski definition) is 0. The molecule has 3 heteroatoms. The minimum Gasteiger partial charge on any atom is -0.438 e. The molecule has 0 aliphatic carbocycles. The standard InChI is InChI=1S/C21H29O2P/c1-12-10-20(18(7)16(5)14(12)3)22-24(9)23-21-11-13(2)15(4)17(6)19(21)8/h10-11H,1-9H3. The summed E-state index contributed by atoms with van der Waals surface area (Å²) in [5.74, 6) is 1.87. The Labute approximate surface area is 148 Å². The van der Waals surface area contributed by atoms with Gasteiger partial charge in [0, 0.05) is 6.66 Å². The summed E-state index contributed by atoms with van der Waals surface area (Å²) < 4.78 is 12.3. The zero-order chi connectivity index (χ0) is 18.2. The Hall–Kier alpha value is -1.53. The lowest BCUT2D eigenvalue weighted by Crippen LogP contribution is -2.01. The van der Waals surface area contributed by atoms with Gasteiger partial charge >= 0.3 is 0 Å². The van der Waals surface area contributed by atoms with Gasteiger partial charge in [-0.15, -0.1) is 0 Å². The molecule has 2 aromatic carbocycles. The van der Waals surface area contributed by atoms with Crippen molar-refractivity contribution in [2.24, 2.45) is 0 Å². The monoisotopic (exact) mass is 344 g/mol. The van der Waals surface area contributed by atoms with Crippen molar-refractivity contribution in [3.8, 4) is 11.5 Å². The second-order valence-electron chi connectivity index (χ2n) is 6.76. The topological polar surface area (TPSA) is 18.5 Å². The average molecular weight is 344 g/mol. The van der Waals surface area contributed by atoms with Crippen molar-refractivity contribution in [2.75, 3.05) is 6.66 Å². The van der Waals surface area contributed by atoms with Crippen molar-refractivity contribution >= 4 is 8.38 Å². The van der Waals surface area contributed by atoms with Crippen LogP contribution in [0.5, 0.6) is 11.5 Å². The summed E-state index contributed by atoms with van der Waals surface area (Å²) in [6.45, 7) is 19.1. The van der Waals surface area contributed by atoms with Crippen molar-refractivity contribution in [3.63, 3.8) is 0 Å². The first-order valence-corrected chi connectivity index (χ1v) is 10.0. The van der Waals surface area contributed by atoms with E-state index in [0.717, 1.165) is 11.5 Å². The van der Waals surface area contributed by atoms with Crippen LogP contribution in [0.25, 0.3) is 0 Å². The van der Waals surface area contributed by atoms with E-state index in [-0.39, 0.29) is 0 Å². The Morgan fingerprint density at radius 2 is 0.875 bits per heavy atom. The van der Waals surface area contributed by atoms with Crippen LogP contribution >= 0.6 is 8.38 Å². The van der Waals surface area contributed by atoms with Crippen LogP contribution in [0, 0.1) is 55.4 Å². The van der Waals surface area contributed by atoms with E-state index in [1.54, 1.807) is 0 Å². The van der Waals surface area contributed by atoms with Crippen LogP contribution in [0.15, 0.2) is 12.1 Å². The van der Waals surface area contributed by atoms with E-state index in [0.29, 0.717) is 0 Å². The molecule has 0 aliphatic rings. The van der Waals surface area contributed by atoms with Crippen LogP contribution in [-0.2, 0) is 0 Å². The molecule has 0 amide bonds. The highest BCUT2D eigenvalue weighted by Gasteiger charge is 2.16. The van der Waals surface area contributed by atoms with E-state index in [1.807, 2.05) is 6.66 Å². The zero-order valence-electron chi connectivity index (χ0n) is 16.4. The lowest BCUT2D eigenvalue weighted by molar-refractivity contribution is 0.491. The van der Waals surface area contributed by atoms with Gasteiger partial charge < -0.3 is 9.05 Å². The summed E-state index contributed by atoms with van der Waals surface area (Å²) >= 11 is 0. The highest BCUT2D eigenvalue weighted by molar-refractivity contribution is 7.47. The Bertz CT molecular complexity index is 713. The van der Waals surface area contributed by atoms with Crippen LogP contribution in [0.3, 0.4) is 0 Å². The molecule has 0 heterocycles. The molecule has 0 atom stereocenters. The molecule has 0 saturated carbocycles. The summed E-state index contributed by atoms with van der Waals surface area (Å²) in [4.78, 5) is 0. The fraction of sp³-hybridized carbons (Fsp3) is 0.429. The van der Waals surface area contributed by atoms with Gasteiger partial charge in [0.2, 0.25) is 0 Å². The van der Waals surface area contributed by atoms with Crippen LogP contribution in [0.2, 0.25) is 0 Å². The van der Waals surface area contributed by atoms with Crippen LogP contribution in [0.1, 0.15) is 44.5 Å². The average Bonchev–Trinajstić information content (AvgIpc) is 2.53. The first-order chi connectivity index (χ1) is 11.1. The quantitative estimate of drug-likeness (QED) is 0.585. The predicted molar refractivity (Wildman–Crippen MR) is 105 cm³/mol. The van der Waals surface area contributed by atoms with Crippen molar-refractivity contribution in [1.29, 1.82) is 0 Å². The number of aryl methyl sites for hydroxylation is 2. The third-order valence-electron chi connectivity index (χ3n) is 5.32. The van der Waals surface area contributed by atoms with Crippen molar-refractivity contribution in [1.82, 2.24) is 0 Å². The third kappa shape index (κ3) is 3.59. The molecule has 0 bridgehead atoms. The van der Waals surface area contributed by atoms with Gasteiger partial charge in [-0.3, -0.25) is 0 Å². The first-order valence-electron chi connectivity index (χ1n) is 8.38. The Kier molecular flexibility index (Phi) is 5.60. The van der Waals surface area contributed by atoms with E-state index in [4.69, 9.17) is 9.05 Å². The fourth-order valence-electron chi connectivity index (χ4n) is 2.84. The second-order valence-corrected chi connectivity index (χ2v) is 8.00. The lowest BCUT2D eigenvalue weighted by atomic mass is 9.99. The molecule has 2 rings (SSSR count). The van der Waals surface area contributed by atoms with Gasteiger partial charge in [-0.2, -0.15) is 0 Å². The van der Waals surface area contributed by atoms with E-state index in [2.05, 4.69) is 67.5 Å². The highest BCUT2D eigenvalue weighted by Crippen LogP contribution is 2.42. The summed E-state index contributed by atoms with van der Waals surface area (Å²) in [5, 5.41) is 0. The summed E-state index contributed by atoms with van der Waals surface area (Å²) in [7, 11) is -1.03. The maximum Gasteiger partial charge on any atom is 0.286 e. The Morgan fingerprint density at radius 1 is 0.542 bits per heavy atom. The van der Waals surface area contributed by atoms with E-state index >= 15 is 0 Å². The molecular weight excluding hydrogens is 315 g/mol. The summed E-state index contributed by atoms with van der Waals surface area (Å²) in [6, 6.07) is 4.25. The fourth-order valence-corrected chi connectivity index (χ4v) is 3.81. The Morgan fingerprint density at radius 3 is 1.21 bits per heavy atom. The minimum atomic E-state index is -1.03. The van der Waals surface area contributed by atoms with Gasteiger partial charge in [0.15, 0.2) is 0 Å². The number of benzene rings is 2. The molecule has 0 spiro atoms. The predicted octanol–water partition coefficient (Wildman–Crippen LogP) is 6.55. The SMILES string of the molecule is Cc1cc(OP(C)Oc2cc(C)c(C)c(C)c2C)c(C)c(C)c1C. The lowest BCUT2D eigenvalue weighted by Gasteiger charge is -2.21. The largest absolute Gasteiger partial charge is 0.438 e. The maximum atomic E-state index is 6.17. The minimum absolute atomic E-state index is 0.933. The molecule has 0 aromatic heterocycles. The molecule has 0 unspecified atom stereocenters. The van der Waals surface area contributed by atoms with Crippen molar-refractivity contribution < 1.29 is 9.05 Å². The smallest absolute Gasteiger partial charge is 0.286 e. The molecule has 2 aromatic rings. The Balaban J connectivity index is 2.25. The van der Waals surface area contributed by atoms with Crippen molar-refractivity contribution in [3.05, 3.63) is 56.6 Å². The first kappa shape index (κ1) is 18.8. The highest BCUT2D eigenvalue weighted by atomic mass is 31.2. The molecule has 0 N–H and O–H groups in total. The molecular formula is C21H29O2P. The summed E-state index contributed by atoms with van der Waals surface area (Å²) in [5.41, 5.74) is 10.2. The van der Waals surface area contributed by atoms with Gasteiger partial charge in [0.1, 0.15) is 11.5 Å². The molecule has 0 radical (unpaired) electrons. The van der Waals surface area contributed by atoms with Crippen LogP contribution in [0.4, 0.5) is 0 Å². The molecule has 24 heavy (non-hydrogen) atoms. The van der Waals surface area contributed by atoms with Gasteiger partial charge in [0.05, 0.1) is 0 Å². The van der Waals surface area contributed by atoms with E-state index < -0.39 is 8.38 Å². The number of rotatable bonds is 4. The molecule has 130 valence electrons. The van der Waals surface area contributed by atoms with Gasteiger partial charge in [-0.25, -0.2) is 0 Å². The van der Waals surface area contributed by atoms with Crippen molar-refractivity contribution in [2.45, 2.75) is 55.4 Å². The molecule has 0 fully saturated rings. The summed E-state index contributed by atoms with van der Waals surface area (Å²) in [6.07, 6.45) is 0. The normalized spacial score (nSPS) is 11.1. The van der Waals surface area contributed by atoms with Gasteiger partial charge in [0.25, 0.3) is 8.38 Å². The van der Waals surface area contributed by atoms with E-state index in [1.165, 1.54) is 44.5 Å². The third-order valence-corrected chi connectivity index (χ3v) is 6.23. The molecule has 0 aliphatic heterocycles. The molecule has 2 nitrogen and oxygen atoms in total. The number of hydrogen-bond acceptors (Lipinski definition) is 2. The zero-order valence-corrected chi connectivity index (χ0v) is 17.3. The van der Waals surface area contributed by atoms with Gasteiger partial charge in [-0.1, -0.05) is 0 Å². The van der Waals surface area contributed by atoms with Crippen LogP contribution < -0.4 is 9.05 Å². The maximum absolute atomic E-state index is 6.17. The molecule has 0 saturated heterocycles. The van der Waals surface area contributed by atoms with Gasteiger partial charge in [-0.05, 0) is 112 Å². The van der Waals surface area contributed by atoms with E-state index in [9.17, 15) is 0 Å². The second kappa shape index (κ2) is 7.15. The van der Waals surface area contributed by atoms with Crippen LogP contribution in [-0.4, -0.2) is 6.66 Å².